The van der Waals surface area contributed by atoms with Crippen molar-refractivity contribution in [3.63, 3.8) is 0 Å². The second-order valence-corrected chi connectivity index (χ2v) is 8.94. The SMILES string of the molecule is C[C@]12CCCC[C@H]1[C@@H]2C(=O)N/N=C\c1ccccc1OCc1ccc(Br)cc1. The molecule has 0 aliphatic heterocycles. The highest BCUT2D eigenvalue weighted by Crippen LogP contribution is 2.66. The Kier molecular flexibility index (Phi) is 5.54. The molecule has 0 bridgehead atoms. The molecule has 2 aliphatic carbocycles. The number of amides is 1. The van der Waals surface area contributed by atoms with Crippen molar-refractivity contribution in [3.8, 4) is 5.75 Å². The molecule has 5 heteroatoms. The fraction of sp³-hybridized carbons (Fsp3) is 0.391. The van der Waals surface area contributed by atoms with Gasteiger partial charge in [0.15, 0.2) is 0 Å². The van der Waals surface area contributed by atoms with Crippen molar-refractivity contribution >= 4 is 28.1 Å². The normalized spacial score (nSPS) is 25.9. The summed E-state index contributed by atoms with van der Waals surface area (Å²) in [4.78, 5) is 12.5. The number of nitrogens with one attached hydrogen (secondary N) is 1. The summed E-state index contributed by atoms with van der Waals surface area (Å²) < 4.78 is 7.00. The molecule has 2 aromatic rings. The first-order chi connectivity index (χ1) is 13.6. The minimum absolute atomic E-state index is 0.0545. The van der Waals surface area contributed by atoms with E-state index < -0.39 is 0 Å². The van der Waals surface area contributed by atoms with E-state index in [1.165, 1.54) is 19.3 Å². The van der Waals surface area contributed by atoms with E-state index >= 15 is 0 Å². The van der Waals surface area contributed by atoms with Gasteiger partial charge in [0, 0.05) is 16.0 Å². The van der Waals surface area contributed by atoms with E-state index in [0.717, 1.165) is 27.8 Å². The van der Waals surface area contributed by atoms with Crippen molar-refractivity contribution in [1.29, 1.82) is 0 Å². The molecule has 2 saturated carbocycles. The molecule has 146 valence electrons. The van der Waals surface area contributed by atoms with E-state index in [2.05, 4.69) is 33.4 Å². The molecule has 0 aromatic heterocycles. The molecule has 4 nitrogen and oxygen atoms in total. The van der Waals surface area contributed by atoms with E-state index in [-0.39, 0.29) is 17.2 Å². The van der Waals surface area contributed by atoms with Crippen LogP contribution in [0.2, 0.25) is 0 Å². The van der Waals surface area contributed by atoms with Crippen LogP contribution in [0, 0.1) is 17.3 Å². The van der Waals surface area contributed by atoms with Gasteiger partial charge in [-0.3, -0.25) is 4.79 Å². The van der Waals surface area contributed by atoms with E-state index in [9.17, 15) is 4.79 Å². The molecular weight excluding hydrogens is 416 g/mol. The quantitative estimate of drug-likeness (QED) is 0.488. The summed E-state index contributed by atoms with van der Waals surface area (Å²) >= 11 is 3.44. The topological polar surface area (TPSA) is 50.7 Å². The van der Waals surface area contributed by atoms with E-state index in [1.807, 2.05) is 48.5 Å². The molecule has 0 spiro atoms. The van der Waals surface area contributed by atoms with E-state index in [1.54, 1.807) is 6.21 Å². The van der Waals surface area contributed by atoms with E-state index in [0.29, 0.717) is 12.5 Å². The van der Waals surface area contributed by atoms with Crippen molar-refractivity contribution in [3.05, 3.63) is 64.1 Å². The van der Waals surface area contributed by atoms with Crippen LogP contribution >= 0.6 is 15.9 Å². The smallest absolute Gasteiger partial charge is 0.244 e. The Morgan fingerprint density at radius 2 is 2.04 bits per heavy atom. The lowest BCUT2D eigenvalue weighted by molar-refractivity contribution is -0.123. The molecule has 2 aromatic carbocycles. The van der Waals surface area contributed by atoms with Gasteiger partial charge < -0.3 is 4.74 Å². The lowest BCUT2D eigenvalue weighted by Gasteiger charge is -2.15. The average Bonchev–Trinajstić information content (AvgIpc) is 3.34. The van der Waals surface area contributed by atoms with Gasteiger partial charge in [0.25, 0.3) is 0 Å². The summed E-state index contributed by atoms with van der Waals surface area (Å²) in [5.74, 6) is 1.46. The van der Waals surface area contributed by atoms with Gasteiger partial charge in [-0.25, -0.2) is 5.43 Å². The number of halogens is 1. The molecule has 2 fully saturated rings. The van der Waals surface area contributed by atoms with Crippen LogP contribution < -0.4 is 10.2 Å². The number of carbonyl (C=O) groups excluding carboxylic acids is 1. The maximum atomic E-state index is 12.5. The Morgan fingerprint density at radius 1 is 1.25 bits per heavy atom. The first kappa shape index (κ1) is 19.2. The average molecular weight is 441 g/mol. The van der Waals surface area contributed by atoms with Crippen molar-refractivity contribution < 1.29 is 9.53 Å². The van der Waals surface area contributed by atoms with Gasteiger partial charge in [-0.05, 0) is 54.0 Å². The molecule has 2 aliphatic rings. The van der Waals surface area contributed by atoms with Crippen LogP contribution in [0.3, 0.4) is 0 Å². The molecule has 0 heterocycles. The zero-order chi connectivity index (χ0) is 19.6. The molecule has 1 N–H and O–H groups in total. The van der Waals surface area contributed by atoms with Crippen LogP contribution in [0.4, 0.5) is 0 Å². The van der Waals surface area contributed by atoms with Crippen molar-refractivity contribution in [2.45, 2.75) is 39.2 Å². The van der Waals surface area contributed by atoms with Crippen LogP contribution in [0.25, 0.3) is 0 Å². The number of hydrogen-bond donors (Lipinski definition) is 1. The van der Waals surface area contributed by atoms with Crippen molar-refractivity contribution in [2.24, 2.45) is 22.4 Å². The van der Waals surface area contributed by atoms with Gasteiger partial charge in [-0.1, -0.05) is 60.0 Å². The van der Waals surface area contributed by atoms with Gasteiger partial charge in [-0.2, -0.15) is 5.10 Å². The summed E-state index contributed by atoms with van der Waals surface area (Å²) in [6, 6.07) is 15.8. The van der Waals surface area contributed by atoms with Gasteiger partial charge in [0.1, 0.15) is 12.4 Å². The largest absolute Gasteiger partial charge is 0.488 e. The Balaban J connectivity index is 1.35. The zero-order valence-corrected chi connectivity index (χ0v) is 17.6. The number of hydrogen-bond acceptors (Lipinski definition) is 3. The molecule has 0 radical (unpaired) electrons. The van der Waals surface area contributed by atoms with Gasteiger partial charge in [0.2, 0.25) is 5.91 Å². The second-order valence-electron chi connectivity index (χ2n) is 8.02. The van der Waals surface area contributed by atoms with Crippen LogP contribution in [0.1, 0.15) is 43.7 Å². The number of rotatable bonds is 6. The van der Waals surface area contributed by atoms with Crippen LogP contribution in [0.5, 0.6) is 5.75 Å². The number of ether oxygens (including phenoxy) is 1. The third kappa shape index (κ3) is 4.00. The molecule has 28 heavy (non-hydrogen) atoms. The number of nitrogens with zero attached hydrogens (tertiary/aromatic N) is 1. The first-order valence-corrected chi connectivity index (χ1v) is 10.7. The standard InChI is InChI=1S/C23H25BrN2O2/c1-23-13-5-4-7-19(23)21(23)22(27)26-25-14-17-6-2-3-8-20(17)28-15-16-9-11-18(24)12-10-16/h2-3,6,8-12,14,19,21H,4-5,7,13,15H2,1H3,(H,26,27)/b25-14-/t19-,21+,23-/m0/s1. The Bertz CT molecular complexity index is 880. The van der Waals surface area contributed by atoms with Crippen LogP contribution in [-0.4, -0.2) is 12.1 Å². The van der Waals surface area contributed by atoms with E-state index in [4.69, 9.17) is 4.74 Å². The van der Waals surface area contributed by atoms with Crippen LogP contribution in [-0.2, 0) is 11.4 Å². The fourth-order valence-electron chi connectivity index (χ4n) is 4.55. The minimum Gasteiger partial charge on any atom is -0.488 e. The van der Waals surface area contributed by atoms with Crippen LogP contribution in [0.15, 0.2) is 58.1 Å². The summed E-state index contributed by atoms with van der Waals surface area (Å²) in [5, 5.41) is 4.21. The Morgan fingerprint density at radius 3 is 2.79 bits per heavy atom. The van der Waals surface area contributed by atoms with Crippen molar-refractivity contribution in [2.75, 3.05) is 0 Å². The highest BCUT2D eigenvalue weighted by Gasteiger charge is 2.64. The third-order valence-corrected chi connectivity index (χ3v) is 6.75. The molecule has 1 amide bonds. The summed E-state index contributed by atoms with van der Waals surface area (Å²) in [6.45, 7) is 2.72. The van der Waals surface area contributed by atoms with Gasteiger partial charge >= 0.3 is 0 Å². The number of carbonyl (C=O) groups is 1. The molecule has 3 atom stereocenters. The lowest BCUT2D eigenvalue weighted by atomic mass is 9.90. The number of fused-ring (bicyclic) bond motifs is 1. The third-order valence-electron chi connectivity index (χ3n) is 6.22. The predicted octanol–water partition coefficient (Wildman–Crippen LogP) is 5.30. The molecule has 0 saturated heterocycles. The second kappa shape index (κ2) is 8.08. The molecule has 4 rings (SSSR count). The fourth-order valence-corrected chi connectivity index (χ4v) is 4.81. The summed E-state index contributed by atoms with van der Waals surface area (Å²) in [5.41, 5.74) is 4.89. The van der Waals surface area contributed by atoms with Gasteiger partial charge in [-0.15, -0.1) is 0 Å². The Labute approximate surface area is 174 Å². The van der Waals surface area contributed by atoms with Crippen molar-refractivity contribution in [1.82, 2.24) is 5.43 Å². The summed E-state index contributed by atoms with van der Waals surface area (Å²) in [6.07, 6.45) is 6.49. The summed E-state index contributed by atoms with van der Waals surface area (Å²) in [7, 11) is 0. The number of benzene rings is 2. The minimum atomic E-state index is 0.0545. The monoisotopic (exact) mass is 440 g/mol. The number of hydrazone groups is 1. The predicted molar refractivity (Wildman–Crippen MR) is 114 cm³/mol. The maximum Gasteiger partial charge on any atom is 0.244 e. The Hall–Kier alpha value is -2.14. The highest BCUT2D eigenvalue weighted by atomic mass is 79.9. The first-order valence-electron chi connectivity index (χ1n) is 9.87. The maximum absolute atomic E-state index is 12.5. The molecule has 0 unspecified atom stereocenters. The van der Waals surface area contributed by atoms with Gasteiger partial charge in [0.05, 0.1) is 6.21 Å². The highest BCUT2D eigenvalue weighted by molar-refractivity contribution is 9.10. The lowest BCUT2D eigenvalue weighted by Crippen LogP contribution is -2.22. The zero-order valence-electron chi connectivity index (χ0n) is 16.0. The molecular formula is C23H25BrN2O2. The number of para-hydroxylation sites is 1.